The molecule has 17 heavy (non-hydrogen) atoms. The summed E-state index contributed by atoms with van der Waals surface area (Å²) in [6, 6.07) is 0. The highest BCUT2D eigenvalue weighted by molar-refractivity contribution is 5.87. The van der Waals surface area contributed by atoms with Gasteiger partial charge in [0, 0.05) is 0 Å². The van der Waals surface area contributed by atoms with Gasteiger partial charge in [-0.2, -0.15) is 0 Å². The molecular weight excluding hydrogens is 216 g/mol. The van der Waals surface area contributed by atoms with Crippen LogP contribution in [0.1, 0.15) is 47.5 Å². The van der Waals surface area contributed by atoms with E-state index in [1.807, 2.05) is 33.8 Å². The molecule has 0 spiro atoms. The molecule has 0 aromatic carbocycles. The van der Waals surface area contributed by atoms with Crippen molar-refractivity contribution in [3.63, 3.8) is 0 Å². The van der Waals surface area contributed by atoms with Gasteiger partial charge in [0.25, 0.3) is 0 Å². The van der Waals surface area contributed by atoms with Crippen molar-refractivity contribution in [1.29, 1.82) is 0 Å². The van der Waals surface area contributed by atoms with Gasteiger partial charge in [0.15, 0.2) is 0 Å². The van der Waals surface area contributed by atoms with Gasteiger partial charge in [-0.1, -0.05) is 25.5 Å². The first kappa shape index (κ1) is 15.8. The molecule has 0 fully saturated rings. The first-order valence-corrected chi connectivity index (χ1v) is 6.15. The maximum Gasteiger partial charge on any atom is 0.373 e. The highest BCUT2D eigenvalue weighted by atomic mass is 16.6. The number of esters is 1. The van der Waals surface area contributed by atoms with Gasteiger partial charge in [-0.15, -0.1) is 0 Å². The van der Waals surface area contributed by atoms with E-state index in [9.17, 15) is 4.79 Å². The minimum atomic E-state index is -0.385. The highest BCUT2D eigenvalue weighted by Gasteiger charge is 2.15. The molecule has 0 rings (SSSR count). The second kappa shape index (κ2) is 8.85. The van der Waals surface area contributed by atoms with Crippen LogP contribution >= 0.6 is 0 Å². The Kier molecular flexibility index (Phi) is 8.20. The fourth-order valence-electron chi connectivity index (χ4n) is 1.16. The zero-order valence-corrected chi connectivity index (χ0v) is 11.6. The van der Waals surface area contributed by atoms with Crippen LogP contribution in [0, 0.1) is 0 Å². The maximum absolute atomic E-state index is 11.7. The van der Waals surface area contributed by atoms with E-state index in [4.69, 9.17) is 9.47 Å². The molecule has 0 saturated carbocycles. The molecule has 0 saturated heterocycles. The normalized spacial score (nSPS) is 10.7. The molecule has 3 heteroatoms. The van der Waals surface area contributed by atoms with Gasteiger partial charge in [-0.3, -0.25) is 0 Å². The van der Waals surface area contributed by atoms with Gasteiger partial charge in [0.1, 0.15) is 6.61 Å². The molecule has 0 radical (unpaired) electrons. The van der Waals surface area contributed by atoms with Crippen LogP contribution in [0.5, 0.6) is 0 Å². The van der Waals surface area contributed by atoms with Crippen LogP contribution in [0.25, 0.3) is 0 Å². The van der Waals surface area contributed by atoms with Crippen molar-refractivity contribution in [2.75, 3.05) is 6.61 Å². The van der Waals surface area contributed by atoms with Gasteiger partial charge in [-0.05, 0) is 39.7 Å². The van der Waals surface area contributed by atoms with Crippen LogP contribution in [0.2, 0.25) is 0 Å². The van der Waals surface area contributed by atoms with Crippen LogP contribution in [0.15, 0.2) is 23.5 Å². The third-order valence-corrected chi connectivity index (χ3v) is 1.93. The SMILES string of the molecule is CCC/C=C/COC(C(=O)OC(C)C)=C(C)C. The van der Waals surface area contributed by atoms with Gasteiger partial charge in [0.2, 0.25) is 5.76 Å². The molecule has 0 amide bonds. The van der Waals surface area contributed by atoms with Crippen molar-refractivity contribution in [2.45, 2.75) is 53.6 Å². The lowest BCUT2D eigenvalue weighted by Crippen LogP contribution is -2.16. The summed E-state index contributed by atoms with van der Waals surface area (Å²) in [5.74, 6) is -0.0660. The highest BCUT2D eigenvalue weighted by Crippen LogP contribution is 2.09. The average Bonchev–Trinajstić information content (AvgIpc) is 2.21. The topological polar surface area (TPSA) is 35.5 Å². The summed E-state index contributed by atoms with van der Waals surface area (Å²) in [6.07, 6.45) is 5.99. The number of unbranched alkanes of at least 4 members (excludes halogenated alkanes) is 1. The van der Waals surface area contributed by atoms with E-state index in [1.165, 1.54) is 0 Å². The summed E-state index contributed by atoms with van der Waals surface area (Å²) in [5, 5.41) is 0. The van der Waals surface area contributed by atoms with E-state index < -0.39 is 0 Å². The minimum Gasteiger partial charge on any atom is -0.482 e. The first-order valence-electron chi connectivity index (χ1n) is 6.15. The smallest absolute Gasteiger partial charge is 0.373 e. The van der Waals surface area contributed by atoms with Crippen molar-refractivity contribution in [3.8, 4) is 0 Å². The molecule has 0 atom stereocenters. The largest absolute Gasteiger partial charge is 0.482 e. The number of allylic oxidation sites excluding steroid dienone is 2. The monoisotopic (exact) mass is 240 g/mol. The third kappa shape index (κ3) is 7.61. The molecule has 98 valence electrons. The van der Waals surface area contributed by atoms with E-state index in [0.29, 0.717) is 12.4 Å². The summed E-state index contributed by atoms with van der Waals surface area (Å²) < 4.78 is 10.5. The fraction of sp³-hybridized carbons (Fsp3) is 0.643. The molecule has 0 aliphatic rings. The van der Waals surface area contributed by atoms with Gasteiger partial charge >= 0.3 is 5.97 Å². The van der Waals surface area contributed by atoms with Gasteiger partial charge in [-0.25, -0.2) is 4.79 Å². The number of rotatable bonds is 7. The second-order valence-electron chi connectivity index (χ2n) is 4.35. The van der Waals surface area contributed by atoms with Crippen LogP contribution < -0.4 is 0 Å². The fourth-order valence-corrected chi connectivity index (χ4v) is 1.16. The molecule has 0 aromatic rings. The summed E-state index contributed by atoms with van der Waals surface area (Å²) in [5.41, 5.74) is 0.833. The van der Waals surface area contributed by atoms with Crippen molar-refractivity contribution in [3.05, 3.63) is 23.5 Å². The van der Waals surface area contributed by atoms with Gasteiger partial charge < -0.3 is 9.47 Å². The zero-order chi connectivity index (χ0) is 13.3. The van der Waals surface area contributed by atoms with E-state index in [2.05, 4.69) is 13.0 Å². The van der Waals surface area contributed by atoms with Crippen molar-refractivity contribution in [1.82, 2.24) is 0 Å². The predicted molar refractivity (Wildman–Crippen MR) is 69.6 cm³/mol. The lowest BCUT2D eigenvalue weighted by atomic mass is 10.3. The molecule has 0 heterocycles. The molecule has 3 nitrogen and oxygen atoms in total. The van der Waals surface area contributed by atoms with E-state index in [0.717, 1.165) is 18.4 Å². The number of ether oxygens (including phenoxy) is 2. The Morgan fingerprint density at radius 2 is 1.88 bits per heavy atom. The quantitative estimate of drug-likeness (QED) is 0.295. The number of hydrogen-bond donors (Lipinski definition) is 0. The molecule has 0 N–H and O–H groups in total. The zero-order valence-electron chi connectivity index (χ0n) is 11.6. The minimum absolute atomic E-state index is 0.129. The average molecular weight is 240 g/mol. The van der Waals surface area contributed by atoms with Crippen LogP contribution in [-0.2, 0) is 14.3 Å². The van der Waals surface area contributed by atoms with Crippen LogP contribution in [0.4, 0.5) is 0 Å². The summed E-state index contributed by atoms with van der Waals surface area (Å²) in [7, 11) is 0. The maximum atomic E-state index is 11.7. The number of carbonyl (C=O) groups is 1. The molecular formula is C14H24O3. The van der Waals surface area contributed by atoms with Crippen molar-refractivity contribution < 1.29 is 14.3 Å². The third-order valence-electron chi connectivity index (χ3n) is 1.93. The Labute approximate surface area is 104 Å². The molecule has 0 unspecified atom stereocenters. The van der Waals surface area contributed by atoms with Crippen molar-refractivity contribution in [2.24, 2.45) is 0 Å². The van der Waals surface area contributed by atoms with E-state index in [1.54, 1.807) is 0 Å². The van der Waals surface area contributed by atoms with Crippen LogP contribution in [-0.4, -0.2) is 18.7 Å². The number of hydrogen-bond acceptors (Lipinski definition) is 3. The Morgan fingerprint density at radius 1 is 1.24 bits per heavy atom. The van der Waals surface area contributed by atoms with Crippen LogP contribution in [0.3, 0.4) is 0 Å². The van der Waals surface area contributed by atoms with Gasteiger partial charge in [0.05, 0.1) is 6.10 Å². The first-order chi connectivity index (χ1) is 7.99. The Morgan fingerprint density at radius 3 is 2.35 bits per heavy atom. The molecule has 0 aromatic heterocycles. The summed E-state index contributed by atoms with van der Waals surface area (Å²) in [4.78, 5) is 11.7. The van der Waals surface area contributed by atoms with E-state index in [-0.39, 0.29) is 12.1 Å². The lowest BCUT2D eigenvalue weighted by Gasteiger charge is -2.12. The summed E-state index contributed by atoms with van der Waals surface area (Å²) >= 11 is 0. The number of carbonyl (C=O) groups excluding carboxylic acids is 1. The Bertz CT molecular complexity index is 284. The predicted octanol–water partition coefficient (Wildman–Crippen LogP) is 3.60. The summed E-state index contributed by atoms with van der Waals surface area (Å²) in [6.45, 7) is 9.85. The molecule has 0 aliphatic carbocycles. The van der Waals surface area contributed by atoms with E-state index >= 15 is 0 Å². The lowest BCUT2D eigenvalue weighted by molar-refractivity contribution is -0.146. The molecule has 0 aliphatic heterocycles. The Hall–Kier alpha value is -1.25. The Balaban J connectivity index is 4.28. The molecule has 0 bridgehead atoms. The standard InChI is InChI=1S/C14H24O3/c1-6-7-8-9-10-16-13(11(2)3)14(15)17-12(4)5/h8-9,12H,6-7,10H2,1-5H3/b9-8+. The second-order valence-corrected chi connectivity index (χ2v) is 4.35. The van der Waals surface area contributed by atoms with Crippen molar-refractivity contribution >= 4 is 5.97 Å².